The smallest absolute Gasteiger partial charge is 0.328 e. The summed E-state index contributed by atoms with van der Waals surface area (Å²) in [7, 11) is 1.30. The SMILES string of the molecule is COC(=O)[C@H](NC(=O)Cn1nc(C)c(Cl)c1C)C(C)(C)C. The van der Waals surface area contributed by atoms with E-state index in [1.165, 1.54) is 11.8 Å². The number of nitrogens with zero attached hydrogens (tertiary/aromatic N) is 2. The molecule has 0 aromatic carbocycles. The van der Waals surface area contributed by atoms with E-state index in [-0.39, 0.29) is 12.5 Å². The Kier molecular flexibility index (Phi) is 5.39. The predicted molar refractivity (Wildman–Crippen MR) is 80.1 cm³/mol. The van der Waals surface area contributed by atoms with Crippen molar-refractivity contribution in [2.45, 2.75) is 47.2 Å². The number of rotatable bonds is 4. The minimum atomic E-state index is -0.720. The van der Waals surface area contributed by atoms with Crippen molar-refractivity contribution >= 4 is 23.5 Å². The lowest BCUT2D eigenvalue weighted by atomic mass is 9.86. The molecule has 1 aromatic heterocycles. The highest BCUT2D eigenvalue weighted by Crippen LogP contribution is 2.21. The van der Waals surface area contributed by atoms with Gasteiger partial charge in [-0.1, -0.05) is 32.4 Å². The molecule has 1 N–H and O–H groups in total. The van der Waals surface area contributed by atoms with E-state index < -0.39 is 17.4 Å². The standard InChI is InChI=1S/C14H22ClN3O3/c1-8-11(15)9(2)18(17-8)7-10(19)16-12(13(20)21-6)14(3,4)5/h12H,7H2,1-6H3,(H,16,19)/t12-/m0/s1. The number of methoxy groups -OCH3 is 1. The number of carbonyl (C=O) groups is 2. The van der Waals surface area contributed by atoms with Crippen LogP contribution in [0.5, 0.6) is 0 Å². The normalized spacial score (nSPS) is 12.9. The number of esters is 1. The van der Waals surface area contributed by atoms with Crippen LogP contribution in [0.4, 0.5) is 0 Å². The molecule has 0 spiro atoms. The topological polar surface area (TPSA) is 73.2 Å². The van der Waals surface area contributed by atoms with Crippen LogP contribution < -0.4 is 5.32 Å². The lowest BCUT2D eigenvalue weighted by molar-refractivity contribution is -0.148. The Morgan fingerprint density at radius 2 is 1.95 bits per heavy atom. The minimum Gasteiger partial charge on any atom is -0.467 e. The van der Waals surface area contributed by atoms with Crippen molar-refractivity contribution in [1.29, 1.82) is 0 Å². The third-order valence-electron chi connectivity index (χ3n) is 3.19. The van der Waals surface area contributed by atoms with E-state index in [4.69, 9.17) is 16.3 Å². The van der Waals surface area contributed by atoms with Gasteiger partial charge < -0.3 is 10.1 Å². The first-order valence-electron chi connectivity index (χ1n) is 6.64. The molecule has 0 aliphatic rings. The van der Waals surface area contributed by atoms with Crippen molar-refractivity contribution in [3.8, 4) is 0 Å². The maximum Gasteiger partial charge on any atom is 0.328 e. The number of ether oxygens (including phenoxy) is 1. The fourth-order valence-electron chi connectivity index (χ4n) is 1.92. The van der Waals surface area contributed by atoms with Crippen molar-refractivity contribution in [3.63, 3.8) is 0 Å². The second kappa shape index (κ2) is 6.47. The largest absolute Gasteiger partial charge is 0.467 e. The number of halogens is 1. The average molecular weight is 316 g/mol. The average Bonchev–Trinajstić information content (AvgIpc) is 2.61. The Labute approximate surface area is 129 Å². The zero-order chi connectivity index (χ0) is 16.4. The Morgan fingerprint density at radius 3 is 2.33 bits per heavy atom. The molecule has 0 saturated heterocycles. The summed E-state index contributed by atoms with van der Waals surface area (Å²) in [5.74, 6) is -0.787. The highest BCUT2D eigenvalue weighted by Gasteiger charge is 2.33. The second-order valence-corrected chi connectivity index (χ2v) is 6.41. The zero-order valence-corrected chi connectivity index (χ0v) is 14.0. The number of carbonyl (C=O) groups excluding carboxylic acids is 2. The van der Waals surface area contributed by atoms with Gasteiger partial charge in [-0.2, -0.15) is 5.10 Å². The van der Waals surface area contributed by atoms with Gasteiger partial charge in [0.25, 0.3) is 0 Å². The summed E-state index contributed by atoms with van der Waals surface area (Å²) in [5, 5.41) is 7.43. The number of hydrogen-bond donors (Lipinski definition) is 1. The van der Waals surface area contributed by atoms with Crippen LogP contribution in [0.15, 0.2) is 0 Å². The Hall–Kier alpha value is -1.56. The van der Waals surface area contributed by atoms with Gasteiger partial charge in [0, 0.05) is 0 Å². The van der Waals surface area contributed by atoms with Crippen LogP contribution in [0.2, 0.25) is 5.02 Å². The van der Waals surface area contributed by atoms with Crippen molar-refractivity contribution in [1.82, 2.24) is 15.1 Å². The lowest BCUT2D eigenvalue weighted by Gasteiger charge is -2.29. The van der Waals surface area contributed by atoms with Crippen molar-refractivity contribution in [2.24, 2.45) is 5.41 Å². The van der Waals surface area contributed by atoms with Gasteiger partial charge in [0.1, 0.15) is 12.6 Å². The summed E-state index contributed by atoms with van der Waals surface area (Å²) in [6.45, 7) is 9.13. The molecular weight excluding hydrogens is 294 g/mol. The molecule has 0 radical (unpaired) electrons. The summed E-state index contributed by atoms with van der Waals surface area (Å²) in [4.78, 5) is 23.9. The van der Waals surface area contributed by atoms with Crippen molar-refractivity contribution in [2.75, 3.05) is 7.11 Å². The first-order valence-corrected chi connectivity index (χ1v) is 7.02. The van der Waals surface area contributed by atoms with Gasteiger partial charge in [0.2, 0.25) is 5.91 Å². The highest BCUT2D eigenvalue weighted by atomic mass is 35.5. The van der Waals surface area contributed by atoms with Crippen molar-refractivity contribution in [3.05, 3.63) is 16.4 Å². The summed E-state index contributed by atoms with van der Waals surface area (Å²) < 4.78 is 6.26. The van der Waals surface area contributed by atoms with Crippen LogP contribution in [0.25, 0.3) is 0 Å². The quantitative estimate of drug-likeness (QED) is 0.861. The molecule has 0 fully saturated rings. The first-order chi connectivity index (χ1) is 9.57. The van der Waals surface area contributed by atoms with Gasteiger partial charge >= 0.3 is 5.97 Å². The van der Waals surface area contributed by atoms with E-state index in [9.17, 15) is 9.59 Å². The van der Waals surface area contributed by atoms with Crippen LogP contribution in [0.1, 0.15) is 32.2 Å². The van der Waals surface area contributed by atoms with E-state index >= 15 is 0 Å². The molecule has 0 bridgehead atoms. The minimum absolute atomic E-state index is 0.00294. The molecule has 1 atom stereocenters. The van der Waals surface area contributed by atoms with E-state index in [1.807, 2.05) is 20.8 Å². The number of amides is 1. The van der Waals surface area contributed by atoms with E-state index in [0.29, 0.717) is 10.7 Å². The lowest BCUT2D eigenvalue weighted by Crippen LogP contribution is -2.50. The fraction of sp³-hybridized carbons (Fsp3) is 0.643. The van der Waals surface area contributed by atoms with Gasteiger partial charge in [-0.05, 0) is 19.3 Å². The number of aryl methyl sites for hydroxylation is 1. The zero-order valence-electron chi connectivity index (χ0n) is 13.3. The summed E-state index contributed by atoms with van der Waals surface area (Å²) in [6.07, 6.45) is 0. The maximum atomic E-state index is 12.1. The third-order valence-corrected chi connectivity index (χ3v) is 3.74. The van der Waals surface area contributed by atoms with Gasteiger partial charge in [0.05, 0.1) is 23.5 Å². The first kappa shape index (κ1) is 17.5. The molecule has 0 aliphatic carbocycles. The maximum absolute atomic E-state index is 12.1. The molecule has 6 nitrogen and oxygen atoms in total. The van der Waals surface area contributed by atoms with Crippen LogP contribution in [-0.2, 0) is 20.9 Å². The molecule has 1 heterocycles. The van der Waals surface area contributed by atoms with E-state index in [1.54, 1.807) is 13.8 Å². The van der Waals surface area contributed by atoms with Gasteiger partial charge in [-0.3, -0.25) is 9.48 Å². The molecule has 21 heavy (non-hydrogen) atoms. The van der Waals surface area contributed by atoms with Crippen LogP contribution in [0.3, 0.4) is 0 Å². The molecule has 0 unspecified atom stereocenters. The molecule has 118 valence electrons. The summed E-state index contributed by atoms with van der Waals surface area (Å²) in [5.41, 5.74) is 0.937. The molecule has 0 aliphatic heterocycles. The molecule has 1 rings (SSSR count). The fourth-order valence-corrected chi connectivity index (χ4v) is 2.05. The van der Waals surface area contributed by atoms with Crippen LogP contribution >= 0.6 is 11.6 Å². The Balaban J connectivity index is 2.84. The van der Waals surface area contributed by atoms with E-state index in [2.05, 4.69) is 10.4 Å². The van der Waals surface area contributed by atoms with Crippen LogP contribution in [-0.4, -0.2) is 34.8 Å². The Bertz CT molecular complexity index is 546. The molecule has 1 aromatic rings. The van der Waals surface area contributed by atoms with Gasteiger partial charge in [-0.15, -0.1) is 0 Å². The summed E-state index contributed by atoms with van der Waals surface area (Å²) in [6, 6.07) is -0.720. The number of nitrogens with one attached hydrogen (secondary N) is 1. The molecule has 1 amide bonds. The second-order valence-electron chi connectivity index (χ2n) is 6.03. The monoisotopic (exact) mass is 315 g/mol. The number of hydrogen-bond acceptors (Lipinski definition) is 4. The summed E-state index contributed by atoms with van der Waals surface area (Å²) >= 11 is 6.04. The predicted octanol–water partition coefficient (Wildman–Crippen LogP) is 1.86. The Morgan fingerprint density at radius 1 is 1.38 bits per heavy atom. The highest BCUT2D eigenvalue weighted by molar-refractivity contribution is 6.31. The van der Waals surface area contributed by atoms with Gasteiger partial charge in [-0.25, -0.2) is 4.79 Å². The van der Waals surface area contributed by atoms with Crippen molar-refractivity contribution < 1.29 is 14.3 Å². The molecule has 0 saturated carbocycles. The van der Waals surface area contributed by atoms with Crippen LogP contribution in [0, 0.1) is 19.3 Å². The third kappa shape index (κ3) is 4.20. The van der Waals surface area contributed by atoms with E-state index in [0.717, 1.165) is 5.69 Å². The molecule has 7 heteroatoms. The van der Waals surface area contributed by atoms with Gasteiger partial charge in [0.15, 0.2) is 0 Å². The molecular formula is C14H22ClN3O3. The number of aromatic nitrogens is 2.